The molecule has 0 aliphatic heterocycles. The lowest BCUT2D eigenvalue weighted by molar-refractivity contribution is -0.152. The number of hydrogen-bond donors (Lipinski definition) is 2. The van der Waals surface area contributed by atoms with E-state index in [0.29, 0.717) is 0 Å². The van der Waals surface area contributed by atoms with Crippen LogP contribution in [0.1, 0.15) is 13.8 Å². The lowest BCUT2D eigenvalue weighted by atomic mass is 9.97. The molecule has 0 fully saturated rings. The van der Waals surface area contributed by atoms with E-state index in [1.165, 1.54) is 13.8 Å². The van der Waals surface area contributed by atoms with Crippen LogP contribution >= 0.6 is 0 Å². The van der Waals surface area contributed by atoms with Gasteiger partial charge in [0.25, 0.3) is 0 Å². The summed E-state index contributed by atoms with van der Waals surface area (Å²) < 4.78 is 0. The molecular formula is C6H10O4. The minimum Gasteiger partial charge on any atom is -0.481 e. The predicted octanol–water partition coefficient (Wildman–Crippen LogP) is 0.428. The first-order valence-electron chi connectivity index (χ1n) is 2.92. The number of rotatable bonds is 3. The van der Waals surface area contributed by atoms with Crippen molar-refractivity contribution in [2.75, 3.05) is 0 Å². The monoisotopic (exact) mass is 146 g/mol. The highest BCUT2D eigenvalue weighted by Gasteiger charge is 2.24. The summed E-state index contributed by atoms with van der Waals surface area (Å²) in [5.74, 6) is -3.79. The molecule has 0 spiro atoms. The molecule has 2 atom stereocenters. The Morgan fingerprint density at radius 3 is 1.30 bits per heavy atom. The minimum absolute atomic E-state index is 0.822. The summed E-state index contributed by atoms with van der Waals surface area (Å²) in [7, 11) is 0. The van der Waals surface area contributed by atoms with E-state index in [2.05, 4.69) is 0 Å². The average molecular weight is 146 g/mol. The molecule has 0 aliphatic carbocycles. The molecule has 0 radical (unpaired) electrons. The van der Waals surface area contributed by atoms with Gasteiger partial charge in [-0.15, -0.1) is 0 Å². The first-order chi connectivity index (χ1) is 4.46. The fourth-order valence-corrected chi connectivity index (χ4v) is 0.428. The number of carboxylic acids is 2. The summed E-state index contributed by atoms with van der Waals surface area (Å²) >= 11 is 0. The lowest BCUT2D eigenvalue weighted by Crippen LogP contribution is -2.24. The molecule has 0 saturated carbocycles. The zero-order valence-electron chi connectivity index (χ0n) is 5.87. The van der Waals surface area contributed by atoms with Gasteiger partial charge in [0, 0.05) is 0 Å². The SMILES string of the molecule is C[C@H](C(=O)O)[C@@H](C)C(=O)O. The third-order valence-electron chi connectivity index (χ3n) is 1.53. The van der Waals surface area contributed by atoms with Crippen molar-refractivity contribution in [3.63, 3.8) is 0 Å². The molecule has 0 aromatic rings. The highest BCUT2D eigenvalue weighted by molar-refractivity contribution is 5.79. The van der Waals surface area contributed by atoms with E-state index in [4.69, 9.17) is 10.2 Å². The van der Waals surface area contributed by atoms with Crippen LogP contribution in [0.15, 0.2) is 0 Å². The maximum atomic E-state index is 10.2. The van der Waals surface area contributed by atoms with Gasteiger partial charge in [0.2, 0.25) is 0 Å². The molecule has 0 rings (SSSR count). The second-order valence-corrected chi connectivity index (χ2v) is 2.25. The Balaban J connectivity index is 4.07. The zero-order chi connectivity index (χ0) is 8.31. The summed E-state index contributed by atoms with van der Waals surface area (Å²) in [6.07, 6.45) is 0. The minimum atomic E-state index is -1.07. The van der Waals surface area contributed by atoms with Crippen LogP contribution in [0.3, 0.4) is 0 Å². The van der Waals surface area contributed by atoms with Crippen molar-refractivity contribution in [3.05, 3.63) is 0 Å². The van der Waals surface area contributed by atoms with Crippen LogP contribution in [-0.4, -0.2) is 22.2 Å². The molecule has 0 aliphatic rings. The van der Waals surface area contributed by atoms with E-state index in [0.717, 1.165) is 0 Å². The maximum Gasteiger partial charge on any atom is 0.307 e. The molecule has 4 heteroatoms. The molecule has 4 nitrogen and oxygen atoms in total. The van der Waals surface area contributed by atoms with Gasteiger partial charge < -0.3 is 10.2 Å². The van der Waals surface area contributed by atoms with Crippen molar-refractivity contribution in [3.8, 4) is 0 Å². The largest absolute Gasteiger partial charge is 0.481 e. The fraction of sp³-hybridized carbons (Fsp3) is 0.667. The third-order valence-corrected chi connectivity index (χ3v) is 1.53. The normalized spacial score (nSPS) is 15.8. The van der Waals surface area contributed by atoms with Crippen molar-refractivity contribution in [2.45, 2.75) is 13.8 Å². The van der Waals surface area contributed by atoms with Gasteiger partial charge in [-0.2, -0.15) is 0 Å². The van der Waals surface area contributed by atoms with Gasteiger partial charge in [-0.3, -0.25) is 9.59 Å². The summed E-state index contributed by atoms with van der Waals surface area (Å²) in [4.78, 5) is 20.4. The van der Waals surface area contributed by atoms with Crippen LogP contribution in [0, 0.1) is 11.8 Å². The molecule has 0 heterocycles. The Kier molecular flexibility index (Phi) is 2.86. The zero-order valence-corrected chi connectivity index (χ0v) is 5.87. The first-order valence-corrected chi connectivity index (χ1v) is 2.92. The van der Waals surface area contributed by atoms with E-state index in [9.17, 15) is 9.59 Å². The summed E-state index contributed by atoms with van der Waals surface area (Å²) in [5, 5.41) is 16.7. The summed E-state index contributed by atoms with van der Waals surface area (Å²) in [6.45, 7) is 2.75. The van der Waals surface area contributed by atoms with E-state index in [1.54, 1.807) is 0 Å². The molecule has 0 unspecified atom stereocenters. The van der Waals surface area contributed by atoms with E-state index in [1.807, 2.05) is 0 Å². The highest BCUT2D eigenvalue weighted by atomic mass is 16.4. The Morgan fingerprint density at radius 1 is 1.00 bits per heavy atom. The fourth-order valence-electron chi connectivity index (χ4n) is 0.428. The summed E-state index contributed by atoms with van der Waals surface area (Å²) in [5.41, 5.74) is 0. The van der Waals surface area contributed by atoms with Crippen LogP contribution in [0.4, 0.5) is 0 Å². The number of hydrogen-bond acceptors (Lipinski definition) is 2. The molecule has 0 aromatic heterocycles. The highest BCUT2D eigenvalue weighted by Crippen LogP contribution is 2.10. The number of carboxylic acid groups (broad SMARTS) is 2. The maximum absolute atomic E-state index is 10.2. The molecular weight excluding hydrogens is 136 g/mol. The van der Waals surface area contributed by atoms with Gasteiger partial charge in [-0.1, -0.05) is 13.8 Å². The van der Waals surface area contributed by atoms with E-state index < -0.39 is 23.8 Å². The lowest BCUT2D eigenvalue weighted by Gasteiger charge is -2.09. The van der Waals surface area contributed by atoms with Crippen molar-refractivity contribution < 1.29 is 19.8 Å². The number of carbonyl (C=O) groups is 2. The number of aliphatic carboxylic acids is 2. The van der Waals surface area contributed by atoms with Gasteiger partial charge in [-0.05, 0) is 0 Å². The smallest absolute Gasteiger partial charge is 0.307 e. The molecule has 0 amide bonds. The summed E-state index contributed by atoms with van der Waals surface area (Å²) in [6, 6.07) is 0. The van der Waals surface area contributed by atoms with Gasteiger partial charge in [-0.25, -0.2) is 0 Å². The van der Waals surface area contributed by atoms with Crippen molar-refractivity contribution in [2.24, 2.45) is 11.8 Å². The molecule has 0 saturated heterocycles. The molecule has 2 N–H and O–H groups in total. The predicted molar refractivity (Wildman–Crippen MR) is 33.6 cm³/mol. The average Bonchev–Trinajstić information content (AvgIpc) is 1.84. The molecule has 58 valence electrons. The van der Waals surface area contributed by atoms with Crippen molar-refractivity contribution in [1.29, 1.82) is 0 Å². The Hall–Kier alpha value is -1.06. The van der Waals surface area contributed by atoms with Crippen molar-refractivity contribution in [1.82, 2.24) is 0 Å². The first kappa shape index (κ1) is 8.94. The van der Waals surface area contributed by atoms with Gasteiger partial charge in [0.15, 0.2) is 0 Å². The molecule has 10 heavy (non-hydrogen) atoms. The Bertz CT molecular complexity index is 134. The second kappa shape index (κ2) is 3.20. The standard InChI is InChI=1S/C6H10O4/c1-3(5(7)8)4(2)6(9)10/h3-4H,1-2H3,(H,7,8)(H,9,10)/t3-,4+. The molecule has 0 bridgehead atoms. The quantitative estimate of drug-likeness (QED) is 0.605. The van der Waals surface area contributed by atoms with Crippen LogP contribution in [0.5, 0.6) is 0 Å². The Morgan fingerprint density at radius 2 is 1.20 bits per heavy atom. The van der Waals surface area contributed by atoms with Crippen LogP contribution in [0.25, 0.3) is 0 Å². The van der Waals surface area contributed by atoms with Crippen LogP contribution < -0.4 is 0 Å². The second-order valence-electron chi connectivity index (χ2n) is 2.25. The van der Waals surface area contributed by atoms with Crippen molar-refractivity contribution >= 4 is 11.9 Å². The van der Waals surface area contributed by atoms with E-state index >= 15 is 0 Å². The topological polar surface area (TPSA) is 74.6 Å². The molecule has 0 aromatic carbocycles. The van der Waals surface area contributed by atoms with Crippen LogP contribution in [-0.2, 0) is 9.59 Å². The van der Waals surface area contributed by atoms with E-state index in [-0.39, 0.29) is 0 Å². The van der Waals surface area contributed by atoms with Gasteiger partial charge >= 0.3 is 11.9 Å². The third kappa shape index (κ3) is 2.05. The van der Waals surface area contributed by atoms with Gasteiger partial charge in [0.1, 0.15) is 0 Å². The Labute approximate surface area is 58.5 Å². The van der Waals surface area contributed by atoms with Gasteiger partial charge in [0.05, 0.1) is 11.8 Å². The van der Waals surface area contributed by atoms with Crippen LogP contribution in [0.2, 0.25) is 0 Å².